The standard InChI is InChI=1S/C14H19ClN4/c1-4-5-19-13(9-17-18-19)14(16-3)11-6-10(2)7-12(15)8-11/h6-9,14,16H,4-5H2,1-3H3. The van der Waals surface area contributed by atoms with Crippen LogP contribution in [0.4, 0.5) is 0 Å². The lowest BCUT2D eigenvalue weighted by molar-refractivity contribution is 0.523. The summed E-state index contributed by atoms with van der Waals surface area (Å²) in [5.41, 5.74) is 3.34. The molecule has 1 heterocycles. The SMILES string of the molecule is CCCn1nncc1C(NC)c1cc(C)cc(Cl)c1. The number of hydrogen-bond acceptors (Lipinski definition) is 3. The Balaban J connectivity index is 2.40. The summed E-state index contributed by atoms with van der Waals surface area (Å²) in [5, 5.41) is 12.2. The van der Waals surface area contributed by atoms with Crippen LogP contribution in [0.5, 0.6) is 0 Å². The van der Waals surface area contributed by atoms with Gasteiger partial charge in [-0.25, -0.2) is 4.68 Å². The predicted octanol–water partition coefficient (Wildman–Crippen LogP) is 2.96. The van der Waals surface area contributed by atoms with Crippen LogP contribution in [0.3, 0.4) is 0 Å². The molecule has 0 bridgehead atoms. The average molecular weight is 279 g/mol. The van der Waals surface area contributed by atoms with Crippen molar-refractivity contribution in [2.45, 2.75) is 32.9 Å². The molecule has 102 valence electrons. The Kier molecular flexibility index (Phi) is 4.56. The molecule has 0 saturated carbocycles. The van der Waals surface area contributed by atoms with E-state index in [0.717, 1.165) is 34.8 Å². The van der Waals surface area contributed by atoms with Gasteiger partial charge >= 0.3 is 0 Å². The smallest absolute Gasteiger partial charge is 0.0801 e. The van der Waals surface area contributed by atoms with Crippen LogP contribution >= 0.6 is 11.6 Å². The van der Waals surface area contributed by atoms with Crippen molar-refractivity contribution in [2.24, 2.45) is 0 Å². The maximum absolute atomic E-state index is 6.15. The van der Waals surface area contributed by atoms with Crippen molar-refractivity contribution < 1.29 is 0 Å². The van der Waals surface area contributed by atoms with Crippen LogP contribution < -0.4 is 5.32 Å². The second-order valence-electron chi connectivity index (χ2n) is 4.67. The van der Waals surface area contributed by atoms with Gasteiger partial charge in [-0.2, -0.15) is 0 Å². The number of rotatable bonds is 5. The molecule has 0 saturated heterocycles. The highest BCUT2D eigenvalue weighted by Crippen LogP contribution is 2.25. The van der Waals surface area contributed by atoms with Crippen LogP contribution in [-0.2, 0) is 6.54 Å². The molecule has 1 unspecified atom stereocenters. The zero-order valence-electron chi connectivity index (χ0n) is 11.5. The van der Waals surface area contributed by atoms with Gasteiger partial charge < -0.3 is 5.32 Å². The van der Waals surface area contributed by atoms with Gasteiger partial charge in [0.05, 0.1) is 17.9 Å². The summed E-state index contributed by atoms with van der Waals surface area (Å²) in [6, 6.07) is 6.13. The Hall–Kier alpha value is -1.39. The third-order valence-electron chi connectivity index (χ3n) is 3.07. The van der Waals surface area contributed by atoms with Crippen molar-refractivity contribution in [1.29, 1.82) is 0 Å². The van der Waals surface area contributed by atoms with E-state index in [4.69, 9.17) is 11.6 Å². The summed E-state index contributed by atoms with van der Waals surface area (Å²) >= 11 is 6.15. The largest absolute Gasteiger partial charge is 0.308 e. The molecule has 0 spiro atoms. The molecule has 5 heteroatoms. The minimum atomic E-state index is 0.0546. The zero-order chi connectivity index (χ0) is 13.8. The summed E-state index contributed by atoms with van der Waals surface area (Å²) in [6.07, 6.45) is 2.84. The molecule has 2 aromatic rings. The number of benzene rings is 1. The molecule has 0 aliphatic heterocycles. The van der Waals surface area contributed by atoms with Gasteiger partial charge in [0, 0.05) is 11.6 Å². The topological polar surface area (TPSA) is 42.7 Å². The van der Waals surface area contributed by atoms with Gasteiger partial charge in [0.15, 0.2) is 0 Å². The average Bonchev–Trinajstić information content (AvgIpc) is 2.78. The normalized spacial score (nSPS) is 12.6. The number of hydrogen-bond donors (Lipinski definition) is 1. The molecular formula is C14H19ClN4. The van der Waals surface area contributed by atoms with E-state index in [-0.39, 0.29) is 6.04 Å². The molecule has 4 nitrogen and oxygen atoms in total. The maximum Gasteiger partial charge on any atom is 0.0801 e. The van der Waals surface area contributed by atoms with Gasteiger partial charge in [-0.1, -0.05) is 29.8 Å². The number of halogens is 1. The molecule has 1 N–H and O–H groups in total. The Labute approximate surface area is 118 Å². The van der Waals surface area contributed by atoms with E-state index in [2.05, 4.69) is 28.6 Å². The fourth-order valence-corrected chi connectivity index (χ4v) is 2.59. The fourth-order valence-electron chi connectivity index (χ4n) is 2.29. The first-order chi connectivity index (χ1) is 9.15. The van der Waals surface area contributed by atoms with Crippen LogP contribution in [-0.4, -0.2) is 22.0 Å². The molecule has 0 fully saturated rings. The van der Waals surface area contributed by atoms with E-state index >= 15 is 0 Å². The molecule has 2 rings (SSSR count). The van der Waals surface area contributed by atoms with E-state index in [1.165, 1.54) is 0 Å². The quantitative estimate of drug-likeness (QED) is 0.914. The highest BCUT2D eigenvalue weighted by atomic mass is 35.5. The lowest BCUT2D eigenvalue weighted by Gasteiger charge is -2.18. The van der Waals surface area contributed by atoms with Gasteiger partial charge in [-0.05, 0) is 43.7 Å². The first-order valence-electron chi connectivity index (χ1n) is 6.48. The first kappa shape index (κ1) is 14.0. The monoisotopic (exact) mass is 278 g/mol. The van der Waals surface area contributed by atoms with Crippen molar-refractivity contribution in [3.63, 3.8) is 0 Å². The molecule has 1 aromatic carbocycles. The Morgan fingerprint density at radius 3 is 2.79 bits per heavy atom. The second kappa shape index (κ2) is 6.17. The van der Waals surface area contributed by atoms with E-state index in [1.54, 1.807) is 0 Å². The minimum Gasteiger partial charge on any atom is -0.308 e. The van der Waals surface area contributed by atoms with E-state index in [0.29, 0.717) is 0 Å². The predicted molar refractivity (Wildman–Crippen MR) is 77.4 cm³/mol. The maximum atomic E-state index is 6.15. The lowest BCUT2D eigenvalue weighted by Crippen LogP contribution is -2.21. The number of aromatic nitrogens is 3. The van der Waals surface area contributed by atoms with Gasteiger partial charge in [0.2, 0.25) is 0 Å². The van der Waals surface area contributed by atoms with Gasteiger partial charge in [-0.15, -0.1) is 5.10 Å². The summed E-state index contributed by atoms with van der Waals surface area (Å²) in [5.74, 6) is 0. The Bertz CT molecular complexity index is 530. The van der Waals surface area contributed by atoms with Crippen LogP contribution in [0.2, 0.25) is 5.02 Å². The summed E-state index contributed by atoms with van der Waals surface area (Å²) in [4.78, 5) is 0. The van der Waals surface area contributed by atoms with Crippen LogP contribution in [0, 0.1) is 6.92 Å². The Morgan fingerprint density at radius 1 is 1.37 bits per heavy atom. The van der Waals surface area contributed by atoms with Crippen LogP contribution in [0.15, 0.2) is 24.4 Å². The highest BCUT2D eigenvalue weighted by Gasteiger charge is 2.17. The zero-order valence-corrected chi connectivity index (χ0v) is 12.3. The second-order valence-corrected chi connectivity index (χ2v) is 5.10. The molecule has 0 amide bonds. The summed E-state index contributed by atoms with van der Waals surface area (Å²) in [7, 11) is 1.93. The molecule has 1 atom stereocenters. The minimum absolute atomic E-state index is 0.0546. The van der Waals surface area contributed by atoms with Crippen molar-refractivity contribution >= 4 is 11.6 Å². The van der Waals surface area contributed by atoms with E-state index in [1.807, 2.05) is 37.0 Å². The Morgan fingerprint density at radius 2 is 2.16 bits per heavy atom. The third kappa shape index (κ3) is 3.14. The highest BCUT2D eigenvalue weighted by molar-refractivity contribution is 6.30. The van der Waals surface area contributed by atoms with E-state index in [9.17, 15) is 0 Å². The molecule has 19 heavy (non-hydrogen) atoms. The van der Waals surface area contributed by atoms with Gasteiger partial charge in [0.25, 0.3) is 0 Å². The van der Waals surface area contributed by atoms with E-state index < -0.39 is 0 Å². The number of nitrogens with one attached hydrogen (secondary N) is 1. The molecule has 0 aliphatic rings. The van der Waals surface area contributed by atoms with Crippen molar-refractivity contribution in [3.8, 4) is 0 Å². The van der Waals surface area contributed by atoms with Crippen molar-refractivity contribution in [2.75, 3.05) is 7.05 Å². The molecule has 0 aliphatic carbocycles. The lowest BCUT2D eigenvalue weighted by atomic mass is 10.0. The number of nitrogens with zero attached hydrogens (tertiary/aromatic N) is 3. The summed E-state index contributed by atoms with van der Waals surface area (Å²) < 4.78 is 1.94. The van der Waals surface area contributed by atoms with Gasteiger partial charge in [0.1, 0.15) is 0 Å². The van der Waals surface area contributed by atoms with Crippen molar-refractivity contribution in [1.82, 2.24) is 20.3 Å². The molecule has 0 radical (unpaired) electrons. The fraction of sp³-hybridized carbons (Fsp3) is 0.429. The molecule has 1 aromatic heterocycles. The van der Waals surface area contributed by atoms with Crippen molar-refractivity contribution in [3.05, 3.63) is 46.2 Å². The van der Waals surface area contributed by atoms with Crippen LogP contribution in [0.1, 0.15) is 36.2 Å². The first-order valence-corrected chi connectivity index (χ1v) is 6.86. The number of aryl methyl sites for hydroxylation is 2. The molecular weight excluding hydrogens is 260 g/mol. The van der Waals surface area contributed by atoms with Crippen LogP contribution in [0.25, 0.3) is 0 Å². The van der Waals surface area contributed by atoms with Gasteiger partial charge in [-0.3, -0.25) is 0 Å². The third-order valence-corrected chi connectivity index (χ3v) is 3.28. The summed E-state index contributed by atoms with van der Waals surface area (Å²) in [6.45, 7) is 5.04.